The summed E-state index contributed by atoms with van der Waals surface area (Å²) >= 11 is 0. The quantitative estimate of drug-likeness (QED) is 0.588. The van der Waals surface area contributed by atoms with Crippen molar-refractivity contribution in [3.63, 3.8) is 0 Å². The zero-order valence-corrected chi connectivity index (χ0v) is 12.1. The molecule has 3 N–H and O–H groups in total. The zero-order chi connectivity index (χ0) is 15.9. The number of rotatable bonds is 6. The number of aliphatic hydroxyl groups is 1. The second-order valence-electron chi connectivity index (χ2n) is 5.15. The molecule has 0 unspecified atom stereocenters. The predicted molar refractivity (Wildman–Crippen MR) is 78.5 cm³/mol. The van der Waals surface area contributed by atoms with Crippen molar-refractivity contribution < 1.29 is 19.5 Å². The minimum Gasteiger partial charge on any atom is -0.391 e. The van der Waals surface area contributed by atoms with E-state index in [1.807, 2.05) is 30.3 Å². The third kappa shape index (κ3) is 4.05. The molecule has 1 saturated heterocycles. The fourth-order valence-corrected chi connectivity index (χ4v) is 2.47. The Hall–Kier alpha value is -2.41. The van der Waals surface area contributed by atoms with Crippen LogP contribution < -0.4 is 10.6 Å². The number of carbonyl (C=O) groups is 3. The van der Waals surface area contributed by atoms with E-state index < -0.39 is 12.1 Å². The molecule has 22 heavy (non-hydrogen) atoms. The van der Waals surface area contributed by atoms with Crippen LogP contribution >= 0.6 is 0 Å². The Kier molecular flexibility index (Phi) is 5.48. The highest BCUT2D eigenvalue weighted by Gasteiger charge is 2.38. The number of nitrogens with one attached hydrogen (secondary N) is 2. The van der Waals surface area contributed by atoms with E-state index in [2.05, 4.69) is 10.6 Å². The molecule has 1 heterocycles. The summed E-state index contributed by atoms with van der Waals surface area (Å²) in [6.45, 7) is 0.280. The van der Waals surface area contributed by atoms with Crippen molar-refractivity contribution in [2.45, 2.75) is 25.1 Å². The number of β-amino-alcohol motifs (C(OH)–C–C–N with tert-alkyl or cyclic N) is 1. The first-order valence-corrected chi connectivity index (χ1v) is 7.08. The summed E-state index contributed by atoms with van der Waals surface area (Å²) in [5, 5.41) is 14.8. The average molecular weight is 305 g/mol. The second kappa shape index (κ2) is 7.56. The maximum Gasteiger partial charge on any atom is 0.243 e. The second-order valence-corrected chi connectivity index (χ2v) is 5.15. The molecule has 0 bridgehead atoms. The number of hydrogen-bond donors (Lipinski definition) is 3. The number of aliphatic hydroxyl groups excluding tert-OH is 1. The van der Waals surface area contributed by atoms with Gasteiger partial charge in [-0.05, 0) is 5.56 Å². The van der Waals surface area contributed by atoms with Gasteiger partial charge in [0.15, 0.2) is 0 Å². The van der Waals surface area contributed by atoms with Crippen molar-refractivity contribution >= 4 is 18.2 Å². The van der Waals surface area contributed by atoms with Crippen LogP contribution in [0.15, 0.2) is 30.3 Å². The number of likely N-dealkylation sites (tertiary alicyclic amines) is 1. The molecule has 0 spiro atoms. The SMILES string of the molecule is O=CNCC(=O)N1C[C@H](O)C[C@H]1C(=O)NCc1ccccc1. The van der Waals surface area contributed by atoms with Crippen LogP contribution in [0.4, 0.5) is 0 Å². The highest BCUT2D eigenvalue weighted by Crippen LogP contribution is 2.18. The van der Waals surface area contributed by atoms with E-state index in [1.165, 1.54) is 4.90 Å². The van der Waals surface area contributed by atoms with Crippen LogP contribution in [-0.2, 0) is 20.9 Å². The van der Waals surface area contributed by atoms with Crippen molar-refractivity contribution in [1.82, 2.24) is 15.5 Å². The van der Waals surface area contributed by atoms with E-state index in [9.17, 15) is 19.5 Å². The number of amides is 3. The standard InChI is InChI=1S/C15H19N3O4/c19-10-16-8-14(21)18-9-12(20)6-13(18)15(22)17-7-11-4-2-1-3-5-11/h1-5,10,12-13,20H,6-9H2,(H,16,19)(H,17,22)/t12-,13+/m1/s1. The molecular formula is C15H19N3O4. The molecule has 0 saturated carbocycles. The smallest absolute Gasteiger partial charge is 0.243 e. The van der Waals surface area contributed by atoms with Gasteiger partial charge < -0.3 is 20.6 Å². The van der Waals surface area contributed by atoms with Crippen LogP contribution in [0.5, 0.6) is 0 Å². The third-order valence-corrected chi connectivity index (χ3v) is 3.55. The Balaban J connectivity index is 1.94. The lowest BCUT2D eigenvalue weighted by Gasteiger charge is -2.23. The third-order valence-electron chi connectivity index (χ3n) is 3.55. The average Bonchev–Trinajstić information content (AvgIpc) is 2.93. The fraction of sp³-hybridized carbons (Fsp3) is 0.400. The van der Waals surface area contributed by atoms with Crippen LogP contribution in [0, 0.1) is 0 Å². The number of nitrogens with zero attached hydrogens (tertiary/aromatic N) is 1. The number of hydrogen-bond acceptors (Lipinski definition) is 4. The molecular weight excluding hydrogens is 286 g/mol. The van der Waals surface area contributed by atoms with Crippen LogP contribution in [0.1, 0.15) is 12.0 Å². The zero-order valence-electron chi connectivity index (χ0n) is 12.1. The van der Waals surface area contributed by atoms with Crippen molar-refractivity contribution in [3.05, 3.63) is 35.9 Å². The number of carbonyl (C=O) groups excluding carboxylic acids is 3. The minimum atomic E-state index is -0.729. The predicted octanol–water partition coefficient (Wildman–Crippen LogP) is -0.989. The monoisotopic (exact) mass is 305 g/mol. The first-order valence-electron chi connectivity index (χ1n) is 7.08. The summed E-state index contributed by atoms with van der Waals surface area (Å²) in [4.78, 5) is 35.8. The molecule has 0 radical (unpaired) electrons. The van der Waals surface area contributed by atoms with Gasteiger partial charge in [-0.3, -0.25) is 14.4 Å². The van der Waals surface area contributed by atoms with Crippen molar-refractivity contribution in [2.24, 2.45) is 0 Å². The Morgan fingerprint density at radius 3 is 2.73 bits per heavy atom. The van der Waals surface area contributed by atoms with E-state index in [4.69, 9.17) is 0 Å². The summed E-state index contributed by atoms with van der Waals surface area (Å²) in [6.07, 6.45) is -0.102. The Morgan fingerprint density at radius 2 is 2.05 bits per heavy atom. The van der Waals surface area contributed by atoms with Crippen LogP contribution in [0.3, 0.4) is 0 Å². The normalized spacial score (nSPS) is 20.5. The van der Waals surface area contributed by atoms with Crippen molar-refractivity contribution in [1.29, 1.82) is 0 Å². The lowest BCUT2D eigenvalue weighted by Crippen LogP contribution is -2.48. The number of benzene rings is 1. The fourth-order valence-electron chi connectivity index (χ4n) is 2.47. The molecule has 0 aliphatic carbocycles. The van der Waals surface area contributed by atoms with E-state index in [0.29, 0.717) is 13.0 Å². The summed E-state index contributed by atoms with van der Waals surface area (Å²) in [7, 11) is 0. The van der Waals surface area contributed by atoms with E-state index in [0.717, 1.165) is 5.56 Å². The molecule has 0 aromatic heterocycles. The molecule has 1 fully saturated rings. The summed E-state index contributed by atoms with van der Waals surface area (Å²) < 4.78 is 0. The van der Waals surface area contributed by atoms with Gasteiger partial charge in [0, 0.05) is 19.5 Å². The van der Waals surface area contributed by atoms with Gasteiger partial charge in [-0.1, -0.05) is 30.3 Å². The van der Waals surface area contributed by atoms with Gasteiger partial charge >= 0.3 is 0 Å². The van der Waals surface area contributed by atoms with Gasteiger partial charge in [0.05, 0.1) is 12.6 Å². The van der Waals surface area contributed by atoms with Gasteiger partial charge in [-0.15, -0.1) is 0 Å². The Morgan fingerprint density at radius 1 is 1.32 bits per heavy atom. The summed E-state index contributed by atoms with van der Waals surface area (Å²) in [6, 6.07) is 8.71. The van der Waals surface area contributed by atoms with Gasteiger partial charge in [0.25, 0.3) is 0 Å². The largest absolute Gasteiger partial charge is 0.391 e. The van der Waals surface area contributed by atoms with E-state index in [-0.39, 0.29) is 31.3 Å². The Bertz CT molecular complexity index is 535. The molecule has 1 aromatic carbocycles. The van der Waals surface area contributed by atoms with Gasteiger partial charge in [-0.2, -0.15) is 0 Å². The molecule has 2 atom stereocenters. The van der Waals surface area contributed by atoms with Crippen molar-refractivity contribution in [2.75, 3.05) is 13.1 Å². The van der Waals surface area contributed by atoms with Gasteiger partial charge in [0.1, 0.15) is 6.04 Å². The van der Waals surface area contributed by atoms with E-state index in [1.54, 1.807) is 0 Å². The van der Waals surface area contributed by atoms with Gasteiger partial charge in [-0.25, -0.2) is 0 Å². The lowest BCUT2D eigenvalue weighted by atomic mass is 10.1. The molecule has 3 amide bonds. The maximum atomic E-state index is 12.2. The molecule has 1 aliphatic heterocycles. The Labute approximate surface area is 128 Å². The molecule has 7 heteroatoms. The lowest BCUT2D eigenvalue weighted by molar-refractivity contribution is -0.138. The summed E-state index contributed by atoms with van der Waals surface area (Å²) in [5.41, 5.74) is 0.954. The van der Waals surface area contributed by atoms with Crippen LogP contribution in [0.2, 0.25) is 0 Å². The molecule has 118 valence electrons. The molecule has 7 nitrogen and oxygen atoms in total. The highest BCUT2D eigenvalue weighted by atomic mass is 16.3. The molecule has 1 aliphatic rings. The maximum absolute atomic E-state index is 12.2. The van der Waals surface area contributed by atoms with Crippen LogP contribution in [-0.4, -0.2) is 53.5 Å². The minimum absolute atomic E-state index is 0.1000. The first kappa shape index (κ1) is 16.0. The van der Waals surface area contributed by atoms with Crippen LogP contribution in [0.25, 0.3) is 0 Å². The molecule has 1 aromatic rings. The van der Waals surface area contributed by atoms with Gasteiger partial charge in [0.2, 0.25) is 18.2 Å². The highest BCUT2D eigenvalue weighted by molar-refractivity contribution is 5.89. The molecule has 2 rings (SSSR count). The van der Waals surface area contributed by atoms with Crippen molar-refractivity contribution in [3.8, 4) is 0 Å². The first-order chi connectivity index (χ1) is 10.6. The van der Waals surface area contributed by atoms with E-state index >= 15 is 0 Å². The topological polar surface area (TPSA) is 98.7 Å². The summed E-state index contributed by atoms with van der Waals surface area (Å²) in [5.74, 6) is -0.691.